The highest BCUT2D eigenvalue weighted by atomic mass is 16.6. The highest BCUT2D eigenvalue weighted by Crippen LogP contribution is 2.22. The molecule has 2 heterocycles. The lowest BCUT2D eigenvalue weighted by Gasteiger charge is -2.22. The van der Waals surface area contributed by atoms with Crippen molar-refractivity contribution >= 4 is 16.7 Å². The first kappa shape index (κ1) is 14.8. The first-order valence-corrected chi connectivity index (χ1v) is 7.70. The van der Waals surface area contributed by atoms with Crippen LogP contribution in [0.15, 0.2) is 18.2 Å². The van der Waals surface area contributed by atoms with E-state index in [4.69, 9.17) is 4.74 Å². The monoisotopic (exact) mass is 304 g/mol. The summed E-state index contributed by atoms with van der Waals surface area (Å²) in [6.45, 7) is 2.85. The minimum Gasteiger partial charge on any atom is -0.465 e. The summed E-state index contributed by atoms with van der Waals surface area (Å²) in [6.07, 6.45) is 4.66. The van der Waals surface area contributed by atoms with Crippen LogP contribution >= 0.6 is 0 Å². The molecule has 2 N–H and O–H groups in total. The van der Waals surface area contributed by atoms with Crippen LogP contribution in [0.3, 0.4) is 0 Å². The molecular weight excluding hydrogens is 284 g/mol. The van der Waals surface area contributed by atoms with E-state index in [1.807, 2.05) is 0 Å². The third-order valence-electron chi connectivity index (χ3n) is 4.11. The highest BCUT2D eigenvalue weighted by molar-refractivity contribution is 5.78. The van der Waals surface area contributed by atoms with Crippen LogP contribution < -0.4 is 10.1 Å². The second kappa shape index (κ2) is 6.74. The molecule has 0 amide bonds. The molecule has 1 fully saturated rings. The number of imidazole rings is 1. The van der Waals surface area contributed by atoms with Crippen LogP contribution in [0.4, 0.5) is 5.69 Å². The second-order valence-corrected chi connectivity index (χ2v) is 5.68. The van der Waals surface area contributed by atoms with Crippen molar-refractivity contribution in [3.63, 3.8) is 0 Å². The lowest BCUT2D eigenvalue weighted by Crippen LogP contribution is -2.27. The number of nitrogens with zero attached hydrogens (tertiary/aromatic N) is 2. The van der Waals surface area contributed by atoms with Gasteiger partial charge in [-0.05, 0) is 50.8 Å². The Bertz CT molecular complexity index is 649. The number of ether oxygens (including phenoxy) is 1. The van der Waals surface area contributed by atoms with Crippen LogP contribution in [0, 0.1) is 16.0 Å². The third kappa shape index (κ3) is 3.54. The molecule has 3 rings (SSSR count). The Hall–Kier alpha value is -2.15. The molecule has 0 spiro atoms. The van der Waals surface area contributed by atoms with Gasteiger partial charge in [-0.1, -0.05) is 0 Å². The molecule has 1 saturated heterocycles. The fourth-order valence-corrected chi connectivity index (χ4v) is 2.87. The van der Waals surface area contributed by atoms with E-state index in [0.29, 0.717) is 23.7 Å². The molecule has 7 nitrogen and oxygen atoms in total. The predicted molar refractivity (Wildman–Crippen MR) is 83.1 cm³/mol. The standard InChI is InChI=1S/C15H20N4O3/c20-19(21)12-3-4-13-14(10-12)18-15(17-13)22-9-1-2-11-5-7-16-8-6-11/h3-4,10-11,16H,1-2,5-9H2,(H,17,18). The quantitative estimate of drug-likeness (QED) is 0.486. The molecule has 0 saturated carbocycles. The number of nitro benzene ring substituents is 1. The summed E-state index contributed by atoms with van der Waals surface area (Å²) in [7, 11) is 0. The Morgan fingerprint density at radius 2 is 2.18 bits per heavy atom. The summed E-state index contributed by atoms with van der Waals surface area (Å²) in [5, 5.41) is 14.1. The largest absolute Gasteiger partial charge is 0.465 e. The molecule has 0 unspecified atom stereocenters. The molecule has 1 aliphatic rings. The van der Waals surface area contributed by atoms with E-state index in [9.17, 15) is 10.1 Å². The van der Waals surface area contributed by atoms with E-state index in [1.54, 1.807) is 6.07 Å². The molecule has 0 atom stereocenters. The smallest absolute Gasteiger partial charge is 0.294 e. The molecule has 2 aromatic rings. The highest BCUT2D eigenvalue weighted by Gasteiger charge is 2.13. The van der Waals surface area contributed by atoms with Crippen LogP contribution in [0.2, 0.25) is 0 Å². The summed E-state index contributed by atoms with van der Waals surface area (Å²) in [5.41, 5.74) is 1.36. The van der Waals surface area contributed by atoms with Gasteiger partial charge >= 0.3 is 0 Å². The number of non-ortho nitro benzene ring substituents is 1. The number of fused-ring (bicyclic) bond motifs is 1. The van der Waals surface area contributed by atoms with E-state index in [0.717, 1.165) is 25.4 Å². The van der Waals surface area contributed by atoms with E-state index in [1.165, 1.54) is 31.4 Å². The van der Waals surface area contributed by atoms with Crippen molar-refractivity contribution in [1.82, 2.24) is 15.3 Å². The molecule has 1 aliphatic heterocycles. The minimum atomic E-state index is -0.417. The summed E-state index contributed by atoms with van der Waals surface area (Å²) in [4.78, 5) is 17.6. The number of nitro groups is 1. The average molecular weight is 304 g/mol. The van der Waals surface area contributed by atoms with Crippen molar-refractivity contribution in [2.45, 2.75) is 25.7 Å². The molecule has 0 bridgehead atoms. The number of piperidine rings is 1. The van der Waals surface area contributed by atoms with Gasteiger partial charge in [0.1, 0.15) is 0 Å². The lowest BCUT2D eigenvalue weighted by molar-refractivity contribution is -0.384. The summed E-state index contributed by atoms with van der Waals surface area (Å²) in [5.74, 6) is 0.795. The van der Waals surface area contributed by atoms with Gasteiger partial charge in [0.05, 0.1) is 22.6 Å². The van der Waals surface area contributed by atoms with Gasteiger partial charge in [-0.15, -0.1) is 0 Å². The number of aromatic nitrogens is 2. The predicted octanol–water partition coefficient (Wildman–Crippen LogP) is 2.63. The van der Waals surface area contributed by atoms with Crippen LogP contribution in [0.1, 0.15) is 25.7 Å². The Kier molecular flexibility index (Phi) is 4.53. The normalized spacial score (nSPS) is 16.0. The van der Waals surface area contributed by atoms with Crippen LogP contribution in [0.5, 0.6) is 6.01 Å². The van der Waals surface area contributed by atoms with Gasteiger partial charge < -0.3 is 15.0 Å². The van der Waals surface area contributed by atoms with Gasteiger partial charge in [0.2, 0.25) is 0 Å². The minimum absolute atomic E-state index is 0.0496. The van der Waals surface area contributed by atoms with Gasteiger partial charge in [0, 0.05) is 12.1 Å². The fourth-order valence-electron chi connectivity index (χ4n) is 2.87. The summed E-state index contributed by atoms with van der Waals surface area (Å²) < 4.78 is 5.63. The van der Waals surface area contributed by atoms with Crippen LogP contribution in [0.25, 0.3) is 11.0 Å². The van der Waals surface area contributed by atoms with Crippen LogP contribution in [-0.2, 0) is 0 Å². The third-order valence-corrected chi connectivity index (χ3v) is 4.11. The lowest BCUT2D eigenvalue weighted by atomic mass is 9.93. The fraction of sp³-hybridized carbons (Fsp3) is 0.533. The van der Waals surface area contributed by atoms with E-state index >= 15 is 0 Å². The molecule has 0 radical (unpaired) electrons. The van der Waals surface area contributed by atoms with Crippen molar-refractivity contribution in [1.29, 1.82) is 0 Å². The average Bonchev–Trinajstić information content (AvgIpc) is 2.94. The summed E-state index contributed by atoms with van der Waals surface area (Å²) >= 11 is 0. The maximum Gasteiger partial charge on any atom is 0.294 e. The molecular formula is C15H20N4O3. The van der Waals surface area contributed by atoms with Gasteiger partial charge in [-0.2, -0.15) is 4.98 Å². The van der Waals surface area contributed by atoms with E-state index < -0.39 is 4.92 Å². The van der Waals surface area contributed by atoms with Crippen molar-refractivity contribution in [3.8, 4) is 6.01 Å². The number of benzene rings is 1. The zero-order chi connectivity index (χ0) is 15.4. The first-order chi connectivity index (χ1) is 10.7. The Morgan fingerprint density at radius 1 is 1.36 bits per heavy atom. The summed E-state index contributed by atoms with van der Waals surface area (Å²) in [6, 6.07) is 4.99. The topological polar surface area (TPSA) is 93.1 Å². The van der Waals surface area contributed by atoms with Gasteiger partial charge in [-0.25, -0.2) is 0 Å². The number of hydrogen-bond acceptors (Lipinski definition) is 5. The zero-order valence-corrected chi connectivity index (χ0v) is 12.4. The Morgan fingerprint density at radius 3 is 2.95 bits per heavy atom. The molecule has 7 heteroatoms. The molecule has 118 valence electrons. The number of nitrogens with one attached hydrogen (secondary N) is 2. The maximum absolute atomic E-state index is 10.7. The van der Waals surface area contributed by atoms with Crippen molar-refractivity contribution < 1.29 is 9.66 Å². The number of rotatable bonds is 6. The zero-order valence-electron chi connectivity index (χ0n) is 12.4. The number of H-pyrrole nitrogens is 1. The van der Waals surface area contributed by atoms with E-state index in [-0.39, 0.29) is 5.69 Å². The Balaban J connectivity index is 1.52. The van der Waals surface area contributed by atoms with Crippen LogP contribution in [-0.4, -0.2) is 34.6 Å². The van der Waals surface area contributed by atoms with Gasteiger partial charge in [0.25, 0.3) is 11.7 Å². The SMILES string of the molecule is O=[N+]([O-])c1ccc2nc(OCCCC3CCNCC3)[nH]c2c1. The first-order valence-electron chi connectivity index (χ1n) is 7.70. The van der Waals surface area contributed by atoms with Gasteiger partial charge in [0.15, 0.2) is 0 Å². The molecule has 1 aromatic heterocycles. The molecule has 22 heavy (non-hydrogen) atoms. The maximum atomic E-state index is 10.7. The molecule has 1 aromatic carbocycles. The number of hydrogen-bond donors (Lipinski definition) is 2. The second-order valence-electron chi connectivity index (χ2n) is 5.68. The van der Waals surface area contributed by atoms with Crippen molar-refractivity contribution in [2.75, 3.05) is 19.7 Å². The van der Waals surface area contributed by atoms with E-state index in [2.05, 4.69) is 15.3 Å². The van der Waals surface area contributed by atoms with Gasteiger partial charge in [-0.3, -0.25) is 10.1 Å². The van der Waals surface area contributed by atoms with Crippen molar-refractivity contribution in [3.05, 3.63) is 28.3 Å². The molecule has 0 aliphatic carbocycles. The number of aromatic amines is 1. The Labute approximate surface area is 128 Å². The van der Waals surface area contributed by atoms with Crippen molar-refractivity contribution in [2.24, 2.45) is 5.92 Å².